The SMILES string of the molecule is C=CC(=O)OC12CC3CC(CC(O)(C3)C1)C2.C=CC(=O)OC12C[C@@H]3C[C@@H](CC(O)(C3)C1)C2. The lowest BCUT2D eigenvalue weighted by Gasteiger charge is -2.59. The van der Waals surface area contributed by atoms with Gasteiger partial charge in [-0.25, -0.2) is 9.59 Å². The summed E-state index contributed by atoms with van der Waals surface area (Å²) in [6.45, 7) is 6.88. The van der Waals surface area contributed by atoms with Crippen molar-refractivity contribution in [1.29, 1.82) is 0 Å². The molecule has 0 radical (unpaired) electrons. The van der Waals surface area contributed by atoms with Gasteiger partial charge in [-0.2, -0.15) is 0 Å². The minimum atomic E-state index is -0.564. The first-order valence-electron chi connectivity index (χ1n) is 12.2. The lowest BCUT2D eigenvalue weighted by molar-refractivity contribution is -0.217. The van der Waals surface area contributed by atoms with E-state index >= 15 is 0 Å². The lowest BCUT2D eigenvalue weighted by Crippen LogP contribution is -2.60. The van der Waals surface area contributed by atoms with E-state index in [1.807, 2.05) is 0 Å². The maximum absolute atomic E-state index is 11.4. The molecule has 0 spiro atoms. The molecule has 0 amide bonds. The van der Waals surface area contributed by atoms with Gasteiger partial charge in [-0.05, 0) is 87.9 Å². The van der Waals surface area contributed by atoms with Crippen LogP contribution >= 0.6 is 0 Å². The number of esters is 2. The zero-order chi connectivity index (χ0) is 22.8. The Hall–Kier alpha value is -1.66. The van der Waals surface area contributed by atoms with Crippen LogP contribution in [0.3, 0.4) is 0 Å². The summed E-state index contributed by atoms with van der Waals surface area (Å²) in [5, 5.41) is 20.9. The molecule has 6 heteroatoms. The average Bonchev–Trinajstić information content (AvgIpc) is 2.63. The molecule has 6 atom stereocenters. The Balaban J connectivity index is 0.000000135. The fourth-order valence-corrected chi connectivity index (χ4v) is 9.01. The summed E-state index contributed by atoms with van der Waals surface area (Å²) in [6, 6.07) is 0. The summed E-state index contributed by atoms with van der Waals surface area (Å²) < 4.78 is 11.1. The molecule has 0 saturated heterocycles. The van der Waals surface area contributed by atoms with Crippen molar-refractivity contribution in [2.45, 2.75) is 99.5 Å². The van der Waals surface area contributed by atoms with Crippen molar-refractivity contribution < 1.29 is 29.3 Å². The van der Waals surface area contributed by atoms with Crippen molar-refractivity contribution in [2.24, 2.45) is 23.7 Å². The second-order valence-corrected chi connectivity index (χ2v) is 12.0. The molecular formula is C26H36O6. The van der Waals surface area contributed by atoms with Crippen molar-refractivity contribution in [1.82, 2.24) is 0 Å². The maximum atomic E-state index is 11.4. The summed E-state index contributed by atoms with van der Waals surface area (Å²) >= 11 is 0. The molecule has 0 heterocycles. The van der Waals surface area contributed by atoms with E-state index in [1.54, 1.807) is 0 Å². The van der Waals surface area contributed by atoms with Gasteiger partial charge in [0.25, 0.3) is 0 Å². The molecule has 4 unspecified atom stereocenters. The fraction of sp³-hybridized carbons (Fsp3) is 0.769. The van der Waals surface area contributed by atoms with Crippen molar-refractivity contribution >= 4 is 11.9 Å². The van der Waals surface area contributed by atoms with E-state index < -0.39 is 11.2 Å². The fourth-order valence-electron chi connectivity index (χ4n) is 9.01. The molecule has 8 saturated carbocycles. The van der Waals surface area contributed by atoms with E-state index in [9.17, 15) is 19.8 Å². The average molecular weight is 445 g/mol. The quantitative estimate of drug-likeness (QED) is 0.508. The van der Waals surface area contributed by atoms with Crippen LogP contribution in [0.2, 0.25) is 0 Å². The summed E-state index contributed by atoms with van der Waals surface area (Å²) in [6.07, 6.45) is 13.5. The number of hydrogen-bond acceptors (Lipinski definition) is 6. The van der Waals surface area contributed by atoms with Gasteiger partial charge in [-0.1, -0.05) is 13.2 Å². The zero-order valence-electron chi connectivity index (χ0n) is 18.9. The van der Waals surface area contributed by atoms with Gasteiger partial charge in [0.15, 0.2) is 0 Å². The Kier molecular flexibility index (Phi) is 5.14. The smallest absolute Gasteiger partial charge is 0.330 e. The Bertz CT molecular complexity index is 734. The molecule has 8 fully saturated rings. The molecule has 8 aliphatic carbocycles. The first-order chi connectivity index (χ1) is 15.1. The molecule has 176 valence electrons. The van der Waals surface area contributed by atoms with Gasteiger partial charge in [0.05, 0.1) is 11.2 Å². The number of rotatable bonds is 4. The van der Waals surface area contributed by atoms with E-state index in [2.05, 4.69) is 13.2 Å². The molecule has 0 aromatic rings. The highest BCUT2D eigenvalue weighted by Crippen LogP contribution is 2.60. The van der Waals surface area contributed by atoms with Gasteiger partial charge in [-0.3, -0.25) is 0 Å². The topological polar surface area (TPSA) is 93.1 Å². The number of hydrogen-bond donors (Lipinski definition) is 2. The van der Waals surface area contributed by atoms with Crippen LogP contribution in [0, 0.1) is 23.7 Å². The standard InChI is InChI=1S/2C13H18O3/c2*1-2-11(14)16-13-6-9-3-10(7-13)5-12(15,4-9)8-13/h2*2,9-10,15H,1,3-8H2/t9-,10+,12?,13?;. The first-order valence-corrected chi connectivity index (χ1v) is 12.2. The Morgan fingerprint density at radius 3 is 1.22 bits per heavy atom. The van der Waals surface area contributed by atoms with Crippen molar-refractivity contribution in [2.75, 3.05) is 0 Å². The highest BCUT2D eigenvalue weighted by molar-refractivity contribution is 5.82. The van der Waals surface area contributed by atoms with E-state index in [4.69, 9.17) is 9.47 Å². The van der Waals surface area contributed by atoms with Crippen molar-refractivity contribution in [3.05, 3.63) is 25.3 Å². The van der Waals surface area contributed by atoms with E-state index in [1.165, 1.54) is 25.0 Å². The molecule has 2 N–H and O–H groups in total. The summed E-state index contributed by atoms with van der Waals surface area (Å²) in [5.74, 6) is 1.50. The molecule has 8 aliphatic rings. The van der Waals surface area contributed by atoms with Crippen molar-refractivity contribution in [3.63, 3.8) is 0 Å². The van der Waals surface area contributed by atoms with Crippen LogP contribution in [0.1, 0.15) is 77.0 Å². The third-order valence-electron chi connectivity index (χ3n) is 8.92. The monoisotopic (exact) mass is 444 g/mol. The Morgan fingerprint density at radius 2 is 0.969 bits per heavy atom. The maximum Gasteiger partial charge on any atom is 0.330 e. The molecule has 32 heavy (non-hydrogen) atoms. The van der Waals surface area contributed by atoms with Gasteiger partial charge in [0.1, 0.15) is 11.2 Å². The lowest BCUT2D eigenvalue weighted by atomic mass is 9.52. The third-order valence-corrected chi connectivity index (χ3v) is 8.92. The second-order valence-electron chi connectivity index (χ2n) is 12.0. The van der Waals surface area contributed by atoms with Crippen LogP contribution in [0.25, 0.3) is 0 Å². The predicted molar refractivity (Wildman–Crippen MR) is 117 cm³/mol. The number of ether oxygens (including phenoxy) is 2. The van der Waals surface area contributed by atoms with Gasteiger partial charge in [0, 0.05) is 25.0 Å². The second kappa shape index (κ2) is 7.42. The van der Waals surface area contributed by atoms with E-state index in [0.717, 1.165) is 51.4 Å². The van der Waals surface area contributed by atoms with Gasteiger partial charge in [-0.15, -0.1) is 0 Å². The molecular weight excluding hydrogens is 408 g/mol. The van der Waals surface area contributed by atoms with E-state index in [0.29, 0.717) is 36.5 Å². The Morgan fingerprint density at radius 1 is 0.656 bits per heavy atom. The third kappa shape index (κ3) is 4.05. The molecule has 0 aromatic heterocycles. The first kappa shape index (κ1) is 22.1. The minimum absolute atomic E-state index is 0.342. The number of aliphatic hydroxyl groups is 2. The van der Waals surface area contributed by atoms with Crippen LogP contribution < -0.4 is 0 Å². The molecule has 0 aromatic carbocycles. The van der Waals surface area contributed by atoms with Crippen LogP contribution in [0.15, 0.2) is 25.3 Å². The molecule has 8 bridgehead atoms. The van der Waals surface area contributed by atoms with E-state index in [-0.39, 0.29) is 23.1 Å². The highest BCUT2D eigenvalue weighted by Gasteiger charge is 2.60. The van der Waals surface area contributed by atoms with Crippen LogP contribution in [0.5, 0.6) is 0 Å². The summed E-state index contributed by atoms with van der Waals surface area (Å²) in [5.41, 5.74) is -1.90. The minimum Gasteiger partial charge on any atom is -0.456 e. The summed E-state index contributed by atoms with van der Waals surface area (Å²) in [7, 11) is 0. The van der Waals surface area contributed by atoms with Gasteiger partial charge >= 0.3 is 11.9 Å². The van der Waals surface area contributed by atoms with Crippen LogP contribution in [0.4, 0.5) is 0 Å². The van der Waals surface area contributed by atoms with Crippen molar-refractivity contribution in [3.8, 4) is 0 Å². The zero-order valence-corrected chi connectivity index (χ0v) is 18.9. The predicted octanol–water partition coefficient (Wildman–Crippen LogP) is 3.60. The highest BCUT2D eigenvalue weighted by atomic mass is 16.6. The van der Waals surface area contributed by atoms with Gasteiger partial charge < -0.3 is 19.7 Å². The van der Waals surface area contributed by atoms with Gasteiger partial charge in [0.2, 0.25) is 0 Å². The molecule has 8 rings (SSSR count). The van der Waals surface area contributed by atoms with Crippen LogP contribution in [-0.4, -0.2) is 44.6 Å². The Labute approximate surface area is 190 Å². The largest absolute Gasteiger partial charge is 0.456 e. The molecule has 0 aliphatic heterocycles. The summed E-state index contributed by atoms with van der Waals surface area (Å²) in [4.78, 5) is 22.8. The number of carbonyl (C=O) groups excluding carboxylic acids is 2. The molecule has 6 nitrogen and oxygen atoms in total. The normalized spacial score (nSPS) is 49.1. The number of carbonyl (C=O) groups is 2. The van der Waals surface area contributed by atoms with Crippen LogP contribution in [-0.2, 0) is 19.1 Å².